The summed E-state index contributed by atoms with van der Waals surface area (Å²) in [6, 6.07) is 12.2. The summed E-state index contributed by atoms with van der Waals surface area (Å²) in [5, 5.41) is 8.49. The van der Waals surface area contributed by atoms with Gasteiger partial charge in [0.25, 0.3) is 0 Å². The normalized spacial score (nSPS) is 12.3. The Morgan fingerprint density at radius 3 is 2.07 bits per heavy atom. The van der Waals surface area contributed by atoms with E-state index in [9.17, 15) is 18.0 Å². The van der Waals surface area contributed by atoms with E-state index in [0.717, 1.165) is 0 Å². The zero-order valence-electron chi connectivity index (χ0n) is 16.8. The fraction of sp³-hybridized carbons (Fsp3) is 0.300. The van der Waals surface area contributed by atoms with E-state index in [2.05, 4.69) is 20.7 Å². The van der Waals surface area contributed by atoms with Gasteiger partial charge in [0, 0.05) is 30.0 Å². The molecule has 2 aromatic rings. The highest BCUT2D eigenvalue weighted by atomic mass is 32.2. The fourth-order valence-corrected chi connectivity index (χ4v) is 3.80. The number of benzene rings is 2. The third-order valence-electron chi connectivity index (χ3n) is 3.78. The maximum atomic E-state index is 12.4. The molecule has 0 spiro atoms. The van der Waals surface area contributed by atoms with Gasteiger partial charge in [0.15, 0.2) is 0 Å². The molecule has 0 unspecified atom stereocenters. The van der Waals surface area contributed by atoms with Crippen LogP contribution in [0.15, 0.2) is 53.4 Å². The molecule has 2 aromatic carbocycles. The summed E-state index contributed by atoms with van der Waals surface area (Å²) in [4.78, 5) is 23.7. The largest absolute Gasteiger partial charge is 0.374 e. The van der Waals surface area contributed by atoms with Gasteiger partial charge in [-0.15, -0.1) is 0 Å². The van der Waals surface area contributed by atoms with Crippen molar-refractivity contribution >= 4 is 38.9 Å². The third kappa shape index (κ3) is 6.88. The Bertz CT molecular complexity index is 972. The number of carbonyl (C=O) groups excluding carboxylic acids is 2. The number of anilines is 3. The molecule has 0 saturated carbocycles. The van der Waals surface area contributed by atoms with Crippen LogP contribution in [-0.2, 0) is 19.6 Å². The summed E-state index contributed by atoms with van der Waals surface area (Å²) >= 11 is 0. The molecule has 9 heteroatoms. The van der Waals surface area contributed by atoms with Crippen molar-refractivity contribution in [3.05, 3.63) is 48.5 Å². The predicted molar refractivity (Wildman–Crippen MR) is 114 cm³/mol. The number of hydrogen-bond acceptors (Lipinski definition) is 5. The molecular weight excluding hydrogens is 392 g/mol. The SMILES string of the molecule is CC(=O)Nc1cccc(N[C@@H](C)C(=O)Nc2ccc(S(=O)(=O)NC(C)C)cc2)c1. The molecule has 0 aliphatic carbocycles. The number of rotatable bonds is 8. The highest BCUT2D eigenvalue weighted by molar-refractivity contribution is 7.89. The minimum Gasteiger partial charge on any atom is -0.374 e. The lowest BCUT2D eigenvalue weighted by atomic mass is 10.2. The fourth-order valence-electron chi connectivity index (χ4n) is 2.55. The van der Waals surface area contributed by atoms with Crippen LogP contribution in [0.3, 0.4) is 0 Å². The molecule has 1 atom stereocenters. The van der Waals surface area contributed by atoms with E-state index >= 15 is 0 Å². The molecule has 4 N–H and O–H groups in total. The van der Waals surface area contributed by atoms with E-state index < -0.39 is 16.1 Å². The lowest BCUT2D eigenvalue weighted by molar-refractivity contribution is -0.116. The van der Waals surface area contributed by atoms with Gasteiger partial charge in [-0.1, -0.05) is 6.07 Å². The van der Waals surface area contributed by atoms with Crippen molar-refractivity contribution in [1.29, 1.82) is 0 Å². The van der Waals surface area contributed by atoms with Crippen LogP contribution in [0.4, 0.5) is 17.1 Å². The molecule has 2 rings (SSSR count). The Kier molecular flexibility index (Phi) is 7.35. The monoisotopic (exact) mass is 418 g/mol. The van der Waals surface area contributed by atoms with Crippen LogP contribution in [0.1, 0.15) is 27.7 Å². The first kappa shape index (κ1) is 22.4. The van der Waals surface area contributed by atoms with Gasteiger partial charge in [-0.2, -0.15) is 0 Å². The zero-order chi connectivity index (χ0) is 21.6. The summed E-state index contributed by atoms with van der Waals surface area (Å²) in [5.41, 5.74) is 1.79. The van der Waals surface area contributed by atoms with Crippen LogP contribution in [-0.4, -0.2) is 32.3 Å². The average Bonchev–Trinajstić information content (AvgIpc) is 2.60. The maximum absolute atomic E-state index is 12.4. The summed E-state index contributed by atoms with van der Waals surface area (Å²) in [6.45, 7) is 6.61. The van der Waals surface area contributed by atoms with Crippen LogP contribution in [0.2, 0.25) is 0 Å². The second kappa shape index (κ2) is 9.53. The molecule has 0 bridgehead atoms. The van der Waals surface area contributed by atoms with E-state index in [-0.39, 0.29) is 22.8 Å². The third-order valence-corrected chi connectivity index (χ3v) is 5.46. The molecule has 29 heavy (non-hydrogen) atoms. The summed E-state index contributed by atoms with van der Waals surface area (Å²) in [5.74, 6) is -0.465. The number of nitrogens with one attached hydrogen (secondary N) is 4. The topological polar surface area (TPSA) is 116 Å². The molecule has 0 fully saturated rings. The van der Waals surface area contributed by atoms with Crippen molar-refractivity contribution in [1.82, 2.24) is 4.72 Å². The number of hydrogen-bond donors (Lipinski definition) is 4. The molecule has 0 aliphatic rings. The van der Waals surface area contributed by atoms with Crippen LogP contribution in [0.25, 0.3) is 0 Å². The summed E-state index contributed by atoms with van der Waals surface area (Å²) in [7, 11) is -3.58. The molecule has 156 valence electrons. The Morgan fingerprint density at radius 2 is 1.48 bits per heavy atom. The molecule has 0 aliphatic heterocycles. The van der Waals surface area contributed by atoms with Gasteiger partial charge in [0.05, 0.1) is 4.90 Å². The standard InChI is InChI=1S/C20H26N4O4S/c1-13(2)24-29(27,28)19-10-8-16(9-11-19)23-20(26)14(3)21-17-6-5-7-18(12-17)22-15(4)25/h5-14,21,24H,1-4H3,(H,22,25)(H,23,26)/t14-/m0/s1. The predicted octanol–water partition coefficient (Wildman–Crippen LogP) is 2.77. The van der Waals surface area contributed by atoms with Crippen molar-refractivity contribution in [3.63, 3.8) is 0 Å². The molecular formula is C20H26N4O4S. The van der Waals surface area contributed by atoms with Crippen LogP contribution in [0.5, 0.6) is 0 Å². The van der Waals surface area contributed by atoms with Gasteiger partial charge < -0.3 is 16.0 Å². The lowest BCUT2D eigenvalue weighted by Crippen LogP contribution is -2.32. The second-order valence-electron chi connectivity index (χ2n) is 6.92. The van der Waals surface area contributed by atoms with Gasteiger partial charge >= 0.3 is 0 Å². The van der Waals surface area contributed by atoms with Gasteiger partial charge in [0.1, 0.15) is 6.04 Å². The maximum Gasteiger partial charge on any atom is 0.246 e. The Hall–Kier alpha value is -2.91. The van der Waals surface area contributed by atoms with Gasteiger partial charge in [-0.05, 0) is 63.2 Å². The Balaban J connectivity index is 2.00. The Labute approximate surface area is 171 Å². The second-order valence-corrected chi connectivity index (χ2v) is 8.63. The molecule has 0 saturated heterocycles. The average molecular weight is 419 g/mol. The van der Waals surface area contributed by atoms with E-state index in [0.29, 0.717) is 17.1 Å². The van der Waals surface area contributed by atoms with Crippen LogP contribution < -0.4 is 20.7 Å². The first-order chi connectivity index (χ1) is 13.6. The van der Waals surface area contributed by atoms with E-state index in [1.807, 2.05) is 0 Å². The quantitative estimate of drug-likeness (QED) is 0.526. The Morgan fingerprint density at radius 1 is 0.862 bits per heavy atom. The number of carbonyl (C=O) groups is 2. The highest BCUT2D eigenvalue weighted by Crippen LogP contribution is 2.17. The molecule has 2 amide bonds. The smallest absolute Gasteiger partial charge is 0.246 e. The first-order valence-corrected chi connectivity index (χ1v) is 10.6. The summed E-state index contributed by atoms with van der Waals surface area (Å²) < 4.78 is 26.8. The number of sulfonamides is 1. The first-order valence-electron chi connectivity index (χ1n) is 9.14. The van der Waals surface area contributed by atoms with Crippen molar-refractivity contribution in [2.75, 3.05) is 16.0 Å². The summed E-state index contributed by atoms with van der Waals surface area (Å²) in [6.07, 6.45) is 0. The van der Waals surface area contributed by atoms with Gasteiger partial charge in [-0.3, -0.25) is 9.59 Å². The van der Waals surface area contributed by atoms with Crippen molar-refractivity contribution in [2.24, 2.45) is 0 Å². The molecule has 0 radical (unpaired) electrons. The van der Waals surface area contributed by atoms with E-state index in [4.69, 9.17) is 0 Å². The van der Waals surface area contributed by atoms with Crippen LogP contribution >= 0.6 is 0 Å². The zero-order valence-corrected chi connectivity index (χ0v) is 17.6. The van der Waals surface area contributed by atoms with Gasteiger partial charge in [0.2, 0.25) is 21.8 Å². The number of amides is 2. The molecule has 0 aromatic heterocycles. The minimum absolute atomic E-state index is 0.130. The van der Waals surface area contributed by atoms with E-state index in [1.54, 1.807) is 45.0 Å². The molecule has 0 heterocycles. The van der Waals surface area contributed by atoms with Crippen molar-refractivity contribution in [3.8, 4) is 0 Å². The van der Waals surface area contributed by atoms with E-state index in [1.165, 1.54) is 31.2 Å². The minimum atomic E-state index is -3.58. The van der Waals surface area contributed by atoms with Gasteiger partial charge in [-0.25, -0.2) is 13.1 Å². The lowest BCUT2D eigenvalue weighted by Gasteiger charge is -2.16. The van der Waals surface area contributed by atoms with Crippen molar-refractivity contribution < 1.29 is 18.0 Å². The van der Waals surface area contributed by atoms with Crippen LogP contribution in [0, 0.1) is 0 Å². The molecule has 8 nitrogen and oxygen atoms in total. The highest BCUT2D eigenvalue weighted by Gasteiger charge is 2.16. The van der Waals surface area contributed by atoms with Crippen molar-refractivity contribution in [2.45, 2.75) is 44.7 Å².